The van der Waals surface area contributed by atoms with Gasteiger partial charge >= 0.3 is 0 Å². The molecule has 21 heavy (non-hydrogen) atoms. The number of hydrazine groups is 1. The van der Waals surface area contributed by atoms with Gasteiger partial charge in [0.2, 0.25) is 5.91 Å². The third kappa shape index (κ3) is 2.97. The molecule has 1 aliphatic carbocycles. The summed E-state index contributed by atoms with van der Waals surface area (Å²) < 4.78 is 1.73. The molecule has 6 nitrogen and oxygen atoms in total. The summed E-state index contributed by atoms with van der Waals surface area (Å²) in [4.78, 5) is 25.5. The van der Waals surface area contributed by atoms with Crippen molar-refractivity contribution in [2.75, 3.05) is 0 Å². The van der Waals surface area contributed by atoms with E-state index in [9.17, 15) is 9.59 Å². The van der Waals surface area contributed by atoms with E-state index in [0.717, 1.165) is 16.9 Å². The summed E-state index contributed by atoms with van der Waals surface area (Å²) in [5.41, 5.74) is 6.03. The van der Waals surface area contributed by atoms with Crippen molar-refractivity contribution in [2.24, 2.45) is 13.0 Å². The number of amides is 2. The number of rotatable bonds is 3. The van der Waals surface area contributed by atoms with E-state index in [-0.39, 0.29) is 23.7 Å². The fourth-order valence-electron chi connectivity index (χ4n) is 2.31. The Morgan fingerprint density at radius 2 is 2.19 bits per heavy atom. The number of aryl methyl sites for hydroxylation is 2. The summed E-state index contributed by atoms with van der Waals surface area (Å²) in [6, 6.07) is 3.62. The molecule has 0 aliphatic heterocycles. The Balaban J connectivity index is 1.50. The number of aromatic nitrogens is 2. The molecule has 0 saturated heterocycles. The number of hydrogen-bond donors (Lipinski definition) is 2. The van der Waals surface area contributed by atoms with Crippen LogP contribution in [0.1, 0.15) is 32.5 Å². The van der Waals surface area contributed by atoms with Crippen LogP contribution in [0.25, 0.3) is 0 Å². The number of hydrogen-bond acceptors (Lipinski definition) is 4. The third-order valence-electron chi connectivity index (χ3n) is 3.54. The molecule has 0 bridgehead atoms. The van der Waals surface area contributed by atoms with Crippen molar-refractivity contribution >= 4 is 23.2 Å². The molecule has 1 fully saturated rings. The van der Waals surface area contributed by atoms with E-state index in [1.165, 1.54) is 11.3 Å². The molecule has 1 saturated carbocycles. The Kier molecular flexibility index (Phi) is 3.50. The summed E-state index contributed by atoms with van der Waals surface area (Å²) >= 11 is 1.40. The topological polar surface area (TPSA) is 76.0 Å². The molecular formula is C14H16N4O2S. The Morgan fingerprint density at radius 1 is 1.38 bits per heavy atom. The van der Waals surface area contributed by atoms with Crippen molar-refractivity contribution in [1.82, 2.24) is 20.6 Å². The molecular weight excluding hydrogens is 288 g/mol. The van der Waals surface area contributed by atoms with E-state index < -0.39 is 0 Å². The van der Waals surface area contributed by atoms with Crippen molar-refractivity contribution in [1.29, 1.82) is 0 Å². The molecule has 0 spiro atoms. The minimum absolute atomic E-state index is 0.0837. The van der Waals surface area contributed by atoms with E-state index in [4.69, 9.17) is 0 Å². The smallest absolute Gasteiger partial charge is 0.276 e. The van der Waals surface area contributed by atoms with Gasteiger partial charge in [-0.25, -0.2) is 0 Å². The minimum atomic E-state index is -0.278. The van der Waals surface area contributed by atoms with E-state index in [2.05, 4.69) is 16.0 Å². The normalized spacial score (nSPS) is 20.1. The average Bonchev–Trinajstić information content (AvgIpc) is 2.95. The van der Waals surface area contributed by atoms with Crippen LogP contribution >= 0.6 is 11.3 Å². The second kappa shape index (κ2) is 5.33. The first-order chi connectivity index (χ1) is 10.0. The zero-order valence-corrected chi connectivity index (χ0v) is 12.6. The molecule has 1 aliphatic rings. The average molecular weight is 304 g/mol. The number of carbonyl (C=O) groups is 2. The summed E-state index contributed by atoms with van der Waals surface area (Å²) in [6.45, 7) is 1.93. The Labute approximate surface area is 126 Å². The highest BCUT2D eigenvalue weighted by Crippen LogP contribution is 2.47. The van der Waals surface area contributed by atoms with Crippen LogP contribution in [-0.2, 0) is 11.8 Å². The van der Waals surface area contributed by atoms with E-state index in [1.807, 2.05) is 26.2 Å². The monoisotopic (exact) mass is 304 g/mol. The Hall–Kier alpha value is -2.15. The van der Waals surface area contributed by atoms with E-state index >= 15 is 0 Å². The second-order valence-electron chi connectivity index (χ2n) is 5.25. The van der Waals surface area contributed by atoms with Crippen LogP contribution in [0.2, 0.25) is 0 Å². The molecule has 2 aromatic heterocycles. The van der Waals surface area contributed by atoms with Gasteiger partial charge in [-0.2, -0.15) is 5.10 Å². The fraction of sp³-hybridized carbons (Fsp3) is 0.357. The van der Waals surface area contributed by atoms with Gasteiger partial charge in [0.05, 0.1) is 11.1 Å². The van der Waals surface area contributed by atoms with Crippen molar-refractivity contribution in [3.63, 3.8) is 0 Å². The molecule has 110 valence electrons. The SMILES string of the molecule is Cc1ccc(C(=O)NNC(=O)[C@H]2C[C@@H]2c2cnn(C)c2)s1. The summed E-state index contributed by atoms with van der Waals surface area (Å²) in [5, 5.41) is 4.10. The number of thiophene rings is 1. The van der Waals surface area contributed by atoms with Crippen molar-refractivity contribution in [3.8, 4) is 0 Å². The minimum Gasteiger partial charge on any atom is -0.276 e. The fourth-order valence-corrected chi connectivity index (χ4v) is 3.08. The van der Waals surface area contributed by atoms with Gasteiger partial charge in [0.25, 0.3) is 5.91 Å². The molecule has 2 atom stereocenters. The van der Waals surface area contributed by atoms with E-state index in [1.54, 1.807) is 16.9 Å². The standard InChI is InChI=1S/C14H16N4O2S/c1-8-3-4-12(21-8)14(20)17-16-13(19)11-5-10(11)9-6-15-18(2)7-9/h3-4,6-7,10-11H,5H2,1-2H3,(H,16,19)(H,17,20)/t10-,11+/m1/s1. The van der Waals surface area contributed by atoms with Crippen LogP contribution in [0.15, 0.2) is 24.5 Å². The van der Waals surface area contributed by atoms with Crippen LogP contribution in [-0.4, -0.2) is 21.6 Å². The van der Waals surface area contributed by atoms with Gasteiger partial charge in [0, 0.05) is 24.0 Å². The molecule has 3 rings (SSSR count). The lowest BCUT2D eigenvalue weighted by Crippen LogP contribution is -2.42. The number of carbonyl (C=O) groups excluding carboxylic acids is 2. The molecule has 2 aromatic rings. The van der Waals surface area contributed by atoms with Crippen LogP contribution in [0.4, 0.5) is 0 Å². The zero-order chi connectivity index (χ0) is 15.0. The first kappa shape index (κ1) is 13.8. The summed E-state index contributed by atoms with van der Waals surface area (Å²) in [5.74, 6) is -0.301. The van der Waals surface area contributed by atoms with Crippen molar-refractivity contribution < 1.29 is 9.59 Å². The quantitative estimate of drug-likeness (QED) is 0.841. The third-order valence-corrected chi connectivity index (χ3v) is 4.54. The van der Waals surface area contributed by atoms with Crippen LogP contribution in [0.3, 0.4) is 0 Å². The van der Waals surface area contributed by atoms with Crippen LogP contribution in [0.5, 0.6) is 0 Å². The van der Waals surface area contributed by atoms with Gasteiger partial charge in [-0.05, 0) is 37.0 Å². The maximum Gasteiger partial charge on any atom is 0.279 e. The summed E-state index contributed by atoms with van der Waals surface area (Å²) in [6.07, 6.45) is 4.50. The first-order valence-electron chi connectivity index (χ1n) is 6.70. The van der Waals surface area contributed by atoms with Gasteiger partial charge in [-0.15, -0.1) is 11.3 Å². The maximum absolute atomic E-state index is 12.0. The highest BCUT2D eigenvalue weighted by molar-refractivity contribution is 7.13. The molecule has 0 radical (unpaired) electrons. The largest absolute Gasteiger partial charge is 0.279 e. The van der Waals surface area contributed by atoms with Gasteiger partial charge in [-0.1, -0.05) is 0 Å². The molecule has 2 N–H and O–H groups in total. The van der Waals surface area contributed by atoms with Gasteiger partial charge in [0.15, 0.2) is 0 Å². The maximum atomic E-state index is 12.0. The highest BCUT2D eigenvalue weighted by Gasteiger charge is 2.44. The Bertz CT molecular complexity index is 691. The molecule has 7 heteroatoms. The van der Waals surface area contributed by atoms with Gasteiger partial charge < -0.3 is 0 Å². The van der Waals surface area contributed by atoms with Crippen molar-refractivity contribution in [3.05, 3.63) is 39.8 Å². The summed E-state index contributed by atoms with van der Waals surface area (Å²) in [7, 11) is 1.85. The predicted molar refractivity (Wildman–Crippen MR) is 78.7 cm³/mol. The second-order valence-corrected chi connectivity index (χ2v) is 6.54. The molecule has 0 unspecified atom stereocenters. The lowest BCUT2D eigenvalue weighted by molar-refractivity contribution is -0.123. The van der Waals surface area contributed by atoms with E-state index in [0.29, 0.717) is 4.88 Å². The Morgan fingerprint density at radius 3 is 2.81 bits per heavy atom. The first-order valence-corrected chi connectivity index (χ1v) is 7.51. The molecule has 0 aromatic carbocycles. The van der Waals surface area contributed by atoms with Gasteiger partial charge in [-0.3, -0.25) is 25.1 Å². The zero-order valence-electron chi connectivity index (χ0n) is 11.8. The van der Waals surface area contributed by atoms with Crippen LogP contribution < -0.4 is 10.9 Å². The predicted octanol–water partition coefficient (Wildman–Crippen LogP) is 1.35. The number of nitrogens with one attached hydrogen (secondary N) is 2. The molecule has 2 heterocycles. The van der Waals surface area contributed by atoms with Gasteiger partial charge in [0.1, 0.15) is 0 Å². The van der Waals surface area contributed by atoms with Crippen LogP contribution in [0, 0.1) is 12.8 Å². The highest BCUT2D eigenvalue weighted by atomic mass is 32.1. The molecule has 2 amide bonds. The number of nitrogens with zero attached hydrogens (tertiary/aromatic N) is 2. The lowest BCUT2D eigenvalue weighted by Gasteiger charge is -2.05. The lowest BCUT2D eigenvalue weighted by atomic mass is 10.2. The van der Waals surface area contributed by atoms with Crippen molar-refractivity contribution in [2.45, 2.75) is 19.3 Å².